The number of hydrogen-bond donors (Lipinski definition) is 2. The van der Waals surface area contributed by atoms with Crippen LogP contribution in [0.5, 0.6) is 5.75 Å². The summed E-state index contributed by atoms with van der Waals surface area (Å²) in [6.45, 7) is 1.78. The van der Waals surface area contributed by atoms with E-state index in [9.17, 15) is 4.79 Å². The van der Waals surface area contributed by atoms with Crippen LogP contribution in [0, 0.1) is 0 Å². The number of benzene rings is 1. The van der Waals surface area contributed by atoms with Crippen molar-refractivity contribution in [2.75, 3.05) is 17.7 Å². The van der Waals surface area contributed by atoms with Crippen molar-refractivity contribution in [3.05, 3.63) is 48.7 Å². The number of aromatic nitrogens is 1. The highest BCUT2D eigenvalue weighted by Crippen LogP contribution is 2.17. The van der Waals surface area contributed by atoms with E-state index in [0.29, 0.717) is 17.3 Å². The molecule has 0 aliphatic carbocycles. The summed E-state index contributed by atoms with van der Waals surface area (Å²) in [5, 5.41) is 5.86. The molecule has 1 heterocycles. The molecule has 0 radical (unpaired) electrons. The minimum atomic E-state index is -0.392. The van der Waals surface area contributed by atoms with E-state index in [0.717, 1.165) is 0 Å². The molecule has 104 valence electrons. The quantitative estimate of drug-likeness (QED) is 0.877. The summed E-state index contributed by atoms with van der Waals surface area (Å²) >= 11 is 0. The monoisotopic (exact) mass is 271 g/mol. The van der Waals surface area contributed by atoms with E-state index in [1.165, 1.54) is 0 Å². The van der Waals surface area contributed by atoms with Crippen LogP contribution in [0.2, 0.25) is 0 Å². The fourth-order valence-corrected chi connectivity index (χ4v) is 1.69. The summed E-state index contributed by atoms with van der Waals surface area (Å²) in [4.78, 5) is 16.2. The van der Waals surface area contributed by atoms with Gasteiger partial charge in [-0.2, -0.15) is 0 Å². The molecular weight excluding hydrogens is 254 g/mol. The van der Waals surface area contributed by atoms with Gasteiger partial charge in [-0.05, 0) is 31.2 Å². The van der Waals surface area contributed by atoms with Gasteiger partial charge in [-0.1, -0.05) is 12.1 Å². The van der Waals surface area contributed by atoms with Crippen molar-refractivity contribution in [2.45, 2.75) is 13.0 Å². The lowest BCUT2D eigenvalue weighted by molar-refractivity contribution is -0.116. The third-order valence-electron chi connectivity index (χ3n) is 2.76. The number of hydrogen-bond acceptors (Lipinski definition) is 4. The van der Waals surface area contributed by atoms with Crippen LogP contribution < -0.4 is 15.4 Å². The van der Waals surface area contributed by atoms with E-state index < -0.39 is 6.04 Å². The van der Waals surface area contributed by atoms with Gasteiger partial charge in [0.1, 0.15) is 17.6 Å². The molecule has 0 aliphatic rings. The Morgan fingerprint density at radius 3 is 2.80 bits per heavy atom. The lowest BCUT2D eigenvalue weighted by atomic mass is 10.2. The maximum atomic E-state index is 12.1. The number of carbonyl (C=O) groups is 1. The summed E-state index contributed by atoms with van der Waals surface area (Å²) in [5.41, 5.74) is 0.698. The maximum absolute atomic E-state index is 12.1. The first-order valence-electron chi connectivity index (χ1n) is 6.31. The van der Waals surface area contributed by atoms with E-state index in [2.05, 4.69) is 15.6 Å². The van der Waals surface area contributed by atoms with Gasteiger partial charge >= 0.3 is 0 Å². The normalized spacial score (nSPS) is 11.5. The lowest BCUT2D eigenvalue weighted by Gasteiger charge is -2.14. The number of carbonyl (C=O) groups excluding carboxylic acids is 1. The third-order valence-corrected chi connectivity index (χ3v) is 2.76. The number of pyridine rings is 1. The number of ether oxygens (including phenoxy) is 1. The maximum Gasteiger partial charge on any atom is 0.246 e. The van der Waals surface area contributed by atoms with Crippen LogP contribution >= 0.6 is 0 Å². The van der Waals surface area contributed by atoms with Crippen molar-refractivity contribution in [1.29, 1.82) is 0 Å². The van der Waals surface area contributed by atoms with Crippen LogP contribution in [0.15, 0.2) is 48.7 Å². The lowest BCUT2D eigenvalue weighted by Crippen LogP contribution is -2.32. The zero-order valence-electron chi connectivity index (χ0n) is 11.5. The van der Waals surface area contributed by atoms with E-state index in [1.807, 2.05) is 36.4 Å². The first-order valence-corrected chi connectivity index (χ1v) is 6.31. The zero-order chi connectivity index (χ0) is 14.4. The van der Waals surface area contributed by atoms with Crippen LogP contribution in [-0.4, -0.2) is 24.0 Å². The molecule has 1 aromatic carbocycles. The minimum absolute atomic E-state index is 0.135. The molecule has 5 heteroatoms. The zero-order valence-corrected chi connectivity index (χ0v) is 11.5. The Hall–Kier alpha value is -2.56. The average Bonchev–Trinajstić information content (AvgIpc) is 2.48. The molecule has 0 aliphatic heterocycles. The van der Waals surface area contributed by atoms with E-state index in [4.69, 9.17) is 4.74 Å². The second-order valence-corrected chi connectivity index (χ2v) is 4.30. The molecule has 2 N–H and O–H groups in total. The van der Waals surface area contributed by atoms with Crippen molar-refractivity contribution in [3.63, 3.8) is 0 Å². The molecule has 0 saturated heterocycles. The largest absolute Gasteiger partial charge is 0.497 e. The SMILES string of the molecule is COc1cccc(NC(=O)[C@@H](C)Nc2ccccn2)c1. The van der Waals surface area contributed by atoms with Crippen molar-refractivity contribution >= 4 is 17.4 Å². The Labute approximate surface area is 118 Å². The molecule has 0 unspecified atom stereocenters. The Morgan fingerprint density at radius 1 is 1.25 bits per heavy atom. The molecule has 0 fully saturated rings. The molecule has 0 saturated carbocycles. The van der Waals surface area contributed by atoms with Crippen molar-refractivity contribution in [3.8, 4) is 5.75 Å². The summed E-state index contributed by atoms with van der Waals surface area (Å²) in [6, 6.07) is 12.3. The van der Waals surface area contributed by atoms with Gasteiger partial charge in [0.2, 0.25) is 5.91 Å². The smallest absolute Gasteiger partial charge is 0.246 e. The van der Waals surface area contributed by atoms with Crippen LogP contribution in [0.3, 0.4) is 0 Å². The van der Waals surface area contributed by atoms with Crippen molar-refractivity contribution in [1.82, 2.24) is 4.98 Å². The highest BCUT2D eigenvalue weighted by molar-refractivity contribution is 5.96. The second-order valence-electron chi connectivity index (χ2n) is 4.30. The summed E-state index contributed by atoms with van der Waals surface area (Å²) in [7, 11) is 1.59. The fraction of sp³-hybridized carbons (Fsp3) is 0.200. The molecule has 1 aromatic heterocycles. The van der Waals surface area contributed by atoms with Gasteiger partial charge in [-0.25, -0.2) is 4.98 Å². The molecule has 5 nitrogen and oxygen atoms in total. The van der Waals surface area contributed by atoms with Gasteiger partial charge in [0.15, 0.2) is 0 Å². The third kappa shape index (κ3) is 3.71. The molecule has 1 amide bonds. The summed E-state index contributed by atoms with van der Waals surface area (Å²) in [6.07, 6.45) is 1.68. The fourth-order valence-electron chi connectivity index (χ4n) is 1.69. The van der Waals surface area contributed by atoms with Gasteiger partial charge in [0.05, 0.1) is 7.11 Å². The van der Waals surface area contributed by atoms with Crippen LogP contribution in [0.4, 0.5) is 11.5 Å². The van der Waals surface area contributed by atoms with E-state index >= 15 is 0 Å². The highest BCUT2D eigenvalue weighted by Gasteiger charge is 2.13. The molecule has 0 bridgehead atoms. The number of methoxy groups -OCH3 is 1. The molecule has 1 atom stereocenters. The number of nitrogens with one attached hydrogen (secondary N) is 2. The van der Waals surface area contributed by atoms with E-state index in [-0.39, 0.29) is 5.91 Å². The summed E-state index contributed by atoms with van der Waals surface area (Å²) in [5.74, 6) is 1.23. The van der Waals surface area contributed by atoms with Crippen LogP contribution in [-0.2, 0) is 4.79 Å². The van der Waals surface area contributed by atoms with Crippen LogP contribution in [0.25, 0.3) is 0 Å². The number of anilines is 2. The molecular formula is C15H17N3O2. The number of rotatable bonds is 5. The Bertz CT molecular complexity index is 572. The van der Waals surface area contributed by atoms with E-state index in [1.54, 1.807) is 26.3 Å². The van der Waals surface area contributed by atoms with Crippen LogP contribution in [0.1, 0.15) is 6.92 Å². The van der Waals surface area contributed by atoms with Gasteiger partial charge in [-0.15, -0.1) is 0 Å². The predicted molar refractivity (Wildman–Crippen MR) is 78.9 cm³/mol. The number of amides is 1. The number of nitrogens with zero attached hydrogens (tertiary/aromatic N) is 1. The molecule has 0 spiro atoms. The topological polar surface area (TPSA) is 63.2 Å². The Kier molecular flexibility index (Phi) is 4.55. The van der Waals surface area contributed by atoms with Gasteiger partial charge in [0.25, 0.3) is 0 Å². The summed E-state index contributed by atoms with van der Waals surface area (Å²) < 4.78 is 5.12. The Morgan fingerprint density at radius 2 is 2.10 bits per heavy atom. The Balaban J connectivity index is 1.97. The molecule has 20 heavy (non-hydrogen) atoms. The van der Waals surface area contributed by atoms with Crippen molar-refractivity contribution < 1.29 is 9.53 Å². The van der Waals surface area contributed by atoms with Gasteiger partial charge < -0.3 is 15.4 Å². The first-order chi connectivity index (χ1) is 9.69. The second kappa shape index (κ2) is 6.56. The minimum Gasteiger partial charge on any atom is -0.497 e. The van der Waals surface area contributed by atoms with Crippen molar-refractivity contribution in [2.24, 2.45) is 0 Å². The average molecular weight is 271 g/mol. The first kappa shape index (κ1) is 13.9. The predicted octanol–water partition coefficient (Wildman–Crippen LogP) is 2.53. The van der Waals surface area contributed by atoms with Gasteiger partial charge in [0, 0.05) is 18.0 Å². The molecule has 2 rings (SSSR count). The highest BCUT2D eigenvalue weighted by atomic mass is 16.5. The standard InChI is InChI=1S/C15H17N3O2/c1-11(17-14-8-3-4-9-16-14)15(19)18-12-6-5-7-13(10-12)20-2/h3-11H,1-2H3,(H,16,17)(H,18,19)/t11-/m1/s1. The van der Waals surface area contributed by atoms with Gasteiger partial charge in [-0.3, -0.25) is 4.79 Å². The molecule has 2 aromatic rings.